The Morgan fingerprint density at radius 1 is 1.05 bits per heavy atom. The highest BCUT2D eigenvalue weighted by atomic mass is 16.2. The zero-order valence-corrected chi connectivity index (χ0v) is 12.5. The molecule has 2 saturated carbocycles. The number of pyridine rings is 1. The van der Waals surface area contributed by atoms with Gasteiger partial charge in [-0.2, -0.15) is 0 Å². The summed E-state index contributed by atoms with van der Waals surface area (Å²) in [6, 6.07) is 3.60. The Hall–Kier alpha value is -1.95. The fourth-order valence-corrected chi connectivity index (χ4v) is 2.83. The molecule has 1 aromatic rings. The van der Waals surface area contributed by atoms with Crippen molar-refractivity contribution in [1.29, 1.82) is 0 Å². The lowest BCUT2D eigenvalue weighted by atomic mass is 9.85. The van der Waals surface area contributed by atoms with E-state index in [1.54, 1.807) is 18.3 Å². The molecule has 22 heavy (non-hydrogen) atoms. The van der Waals surface area contributed by atoms with Crippen molar-refractivity contribution in [3.8, 4) is 0 Å². The maximum Gasteiger partial charge on any atom is 0.228 e. The van der Waals surface area contributed by atoms with E-state index in [0.717, 1.165) is 38.5 Å². The van der Waals surface area contributed by atoms with E-state index < -0.39 is 0 Å². The molecule has 1 heterocycles. The zero-order chi connectivity index (χ0) is 15.5. The van der Waals surface area contributed by atoms with Crippen LogP contribution in [0.2, 0.25) is 0 Å². The van der Waals surface area contributed by atoms with Gasteiger partial charge in [0.05, 0.1) is 11.9 Å². The third-order valence-corrected chi connectivity index (χ3v) is 4.32. The standard InChI is InChI=1S/C16H22N4O2/c17-12-3-1-2-11(8-12)16(22)19-13-6-7-14(18-9-13)20-15(21)10-4-5-10/h6-7,9-12H,1-5,8,17H2,(H,19,22)(H,18,20,21). The number of hydrogen-bond acceptors (Lipinski definition) is 4. The van der Waals surface area contributed by atoms with Crippen LogP contribution in [0.3, 0.4) is 0 Å². The number of rotatable bonds is 4. The number of carbonyl (C=O) groups is 2. The van der Waals surface area contributed by atoms with E-state index in [4.69, 9.17) is 5.73 Å². The average molecular weight is 302 g/mol. The third-order valence-electron chi connectivity index (χ3n) is 4.32. The topological polar surface area (TPSA) is 97.1 Å². The molecule has 2 amide bonds. The fraction of sp³-hybridized carbons (Fsp3) is 0.562. The van der Waals surface area contributed by atoms with Crippen LogP contribution < -0.4 is 16.4 Å². The number of nitrogens with zero attached hydrogens (tertiary/aromatic N) is 1. The Bertz CT molecular complexity index is 554. The van der Waals surface area contributed by atoms with Crippen LogP contribution >= 0.6 is 0 Å². The summed E-state index contributed by atoms with van der Waals surface area (Å²) in [6.45, 7) is 0. The molecule has 118 valence electrons. The van der Waals surface area contributed by atoms with E-state index in [1.807, 2.05) is 0 Å². The van der Waals surface area contributed by atoms with Crippen molar-refractivity contribution in [2.45, 2.75) is 44.6 Å². The van der Waals surface area contributed by atoms with Crippen LogP contribution in [-0.4, -0.2) is 22.8 Å². The lowest BCUT2D eigenvalue weighted by Crippen LogP contribution is -2.34. The van der Waals surface area contributed by atoms with E-state index in [0.29, 0.717) is 11.5 Å². The third kappa shape index (κ3) is 3.82. The highest BCUT2D eigenvalue weighted by Crippen LogP contribution is 2.30. The van der Waals surface area contributed by atoms with Gasteiger partial charge in [-0.1, -0.05) is 6.42 Å². The molecule has 1 aromatic heterocycles. The number of nitrogens with one attached hydrogen (secondary N) is 2. The van der Waals surface area contributed by atoms with Gasteiger partial charge in [0.25, 0.3) is 0 Å². The van der Waals surface area contributed by atoms with Gasteiger partial charge < -0.3 is 16.4 Å². The van der Waals surface area contributed by atoms with Gasteiger partial charge in [-0.3, -0.25) is 9.59 Å². The van der Waals surface area contributed by atoms with E-state index in [9.17, 15) is 9.59 Å². The normalized spacial score (nSPS) is 24.6. The molecule has 2 aliphatic carbocycles. The first kappa shape index (κ1) is 15.0. The van der Waals surface area contributed by atoms with Crippen molar-refractivity contribution in [2.75, 3.05) is 10.6 Å². The minimum Gasteiger partial charge on any atom is -0.328 e. The molecule has 4 N–H and O–H groups in total. The fourth-order valence-electron chi connectivity index (χ4n) is 2.83. The summed E-state index contributed by atoms with van der Waals surface area (Å²) in [5.41, 5.74) is 6.57. The summed E-state index contributed by atoms with van der Waals surface area (Å²) in [7, 11) is 0. The Morgan fingerprint density at radius 3 is 2.45 bits per heavy atom. The molecule has 0 aromatic carbocycles. The minimum absolute atomic E-state index is 0.00622. The Balaban J connectivity index is 1.53. The predicted octanol–water partition coefficient (Wildman–Crippen LogP) is 1.89. The number of anilines is 2. The van der Waals surface area contributed by atoms with Crippen molar-refractivity contribution in [3.63, 3.8) is 0 Å². The van der Waals surface area contributed by atoms with Gasteiger partial charge in [0, 0.05) is 17.9 Å². The largest absolute Gasteiger partial charge is 0.328 e. The predicted molar refractivity (Wildman–Crippen MR) is 84.2 cm³/mol. The first-order valence-corrected chi connectivity index (χ1v) is 7.95. The molecule has 0 bridgehead atoms. The van der Waals surface area contributed by atoms with Crippen molar-refractivity contribution in [2.24, 2.45) is 17.6 Å². The summed E-state index contributed by atoms with van der Waals surface area (Å²) in [5, 5.41) is 5.65. The summed E-state index contributed by atoms with van der Waals surface area (Å²) in [6.07, 6.45) is 7.14. The summed E-state index contributed by atoms with van der Waals surface area (Å²) in [5.74, 6) is 0.691. The number of hydrogen-bond donors (Lipinski definition) is 3. The smallest absolute Gasteiger partial charge is 0.228 e. The second kappa shape index (κ2) is 6.44. The first-order chi connectivity index (χ1) is 10.6. The van der Waals surface area contributed by atoms with Crippen LogP contribution in [0, 0.1) is 11.8 Å². The Morgan fingerprint density at radius 2 is 1.82 bits per heavy atom. The lowest BCUT2D eigenvalue weighted by molar-refractivity contribution is -0.121. The molecule has 2 aliphatic rings. The van der Waals surface area contributed by atoms with Gasteiger partial charge in [-0.05, 0) is 44.2 Å². The Labute approximate surface area is 129 Å². The maximum absolute atomic E-state index is 12.2. The van der Waals surface area contributed by atoms with Gasteiger partial charge >= 0.3 is 0 Å². The molecule has 2 atom stereocenters. The zero-order valence-electron chi connectivity index (χ0n) is 12.5. The second-order valence-corrected chi connectivity index (χ2v) is 6.31. The molecule has 6 nitrogen and oxygen atoms in total. The number of amides is 2. The van der Waals surface area contributed by atoms with Crippen LogP contribution in [0.4, 0.5) is 11.5 Å². The van der Waals surface area contributed by atoms with E-state index in [2.05, 4.69) is 15.6 Å². The quantitative estimate of drug-likeness (QED) is 0.791. The molecular weight excluding hydrogens is 280 g/mol. The monoisotopic (exact) mass is 302 g/mol. The van der Waals surface area contributed by atoms with Crippen molar-refractivity contribution in [1.82, 2.24) is 4.98 Å². The van der Waals surface area contributed by atoms with Crippen LogP contribution in [0.15, 0.2) is 18.3 Å². The van der Waals surface area contributed by atoms with Crippen LogP contribution in [0.25, 0.3) is 0 Å². The molecule has 3 rings (SSSR count). The van der Waals surface area contributed by atoms with Crippen LogP contribution in [-0.2, 0) is 9.59 Å². The van der Waals surface area contributed by atoms with Gasteiger partial charge in [0.15, 0.2) is 0 Å². The van der Waals surface area contributed by atoms with E-state index in [1.165, 1.54) is 0 Å². The maximum atomic E-state index is 12.2. The second-order valence-electron chi connectivity index (χ2n) is 6.31. The number of aromatic nitrogens is 1. The summed E-state index contributed by atoms with van der Waals surface area (Å²) in [4.78, 5) is 28.0. The SMILES string of the molecule is NC1CCCC(C(=O)Nc2ccc(NC(=O)C3CC3)nc2)C1. The molecule has 6 heteroatoms. The van der Waals surface area contributed by atoms with Crippen molar-refractivity contribution >= 4 is 23.3 Å². The van der Waals surface area contributed by atoms with Gasteiger partial charge in [-0.25, -0.2) is 4.98 Å². The molecule has 0 saturated heterocycles. The minimum atomic E-state index is -0.0157. The number of carbonyl (C=O) groups excluding carboxylic acids is 2. The van der Waals surface area contributed by atoms with Crippen molar-refractivity contribution in [3.05, 3.63) is 18.3 Å². The molecule has 0 spiro atoms. The molecular formula is C16H22N4O2. The molecule has 0 aliphatic heterocycles. The highest BCUT2D eigenvalue weighted by Gasteiger charge is 2.29. The molecule has 2 fully saturated rings. The summed E-state index contributed by atoms with van der Waals surface area (Å²) < 4.78 is 0. The van der Waals surface area contributed by atoms with Gasteiger partial charge in [0.2, 0.25) is 11.8 Å². The van der Waals surface area contributed by atoms with E-state index >= 15 is 0 Å². The summed E-state index contributed by atoms with van der Waals surface area (Å²) >= 11 is 0. The van der Waals surface area contributed by atoms with Crippen LogP contribution in [0.5, 0.6) is 0 Å². The van der Waals surface area contributed by atoms with Gasteiger partial charge in [0.1, 0.15) is 5.82 Å². The van der Waals surface area contributed by atoms with Crippen LogP contribution in [0.1, 0.15) is 38.5 Å². The first-order valence-electron chi connectivity index (χ1n) is 7.95. The lowest BCUT2D eigenvalue weighted by Gasteiger charge is -2.25. The molecule has 0 radical (unpaired) electrons. The number of nitrogens with two attached hydrogens (primary N) is 1. The van der Waals surface area contributed by atoms with E-state index in [-0.39, 0.29) is 29.7 Å². The Kier molecular flexibility index (Phi) is 4.38. The average Bonchev–Trinajstić information content (AvgIpc) is 3.34. The molecule has 2 unspecified atom stereocenters. The van der Waals surface area contributed by atoms with Crippen molar-refractivity contribution < 1.29 is 9.59 Å². The van der Waals surface area contributed by atoms with Gasteiger partial charge in [-0.15, -0.1) is 0 Å². The highest BCUT2D eigenvalue weighted by molar-refractivity contribution is 5.94.